The van der Waals surface area contributed by atoms with Gasteiger partial charge in [-0.05, 0) is 48.2 Å². The summed E-state index contributed by atoms with van der Waals surface area (Å²) in [7, 11) is 0. The Morgan fingerprint density at radius 1 is 1.00 bits per heavy atom. The zero-order valence-corrected chi connectivity index (χ0v) is 17.2. The molecule has 26 heavy (non-hydrogen) atoms. The van der Waals surface area contributed by atoms with E-state index in [1.165, 1.54) is 5.56 Å². The maximum atomic E-state index is 6.47. The molecule has 1 unspecified atom stereocenters. The lowest BCUT2D eigenvalue weighted by molar-refractivity contribution is 0.604. The van der Waals surface area contributed by atoms with Crippen molar-refractivity contribution in [3.63, 3.8) is 0 Å². The molecule has 0 amide bonds. The second-order valence-electron chi connectivity index (χ2n) is 6.03. The Balaban J connectivity index is 1.68. The second kappa shape index (κ2) is 9.70. The minimum Gasteiger partial charge on any atom is -0.337 e. The predicted molar refractivity (Wildman–Crippen MR) is 113 cm³/mol. The normalized spacial score (nSPS) is 12.3. The molecule has 0 N–H and O–H groups in total. The van der Waals surface area contributed by atoms with E-state index in [-0.39, 0.29) is 0 Å². The van der Waals surface area contributed by atoms with E-state index in [2.05, 4.69) is 21.7 Å². The molecule has 2 aromatic carbocycles. The third-order valence-corrected chi connectivity index (χ3v) is 6.32. The van der Waals surface area contributed by atoms with E-state index in [4.69, 9.17) is 34.8 Å². The lowest BCUT2D eigenvalue weighted by Gasteiger charge is -2.19. The second-order valence-corrected chi connectivity index (χ2v) is 8.51. The Hall–Kier alpha value is -1.13. The first kappa shape index (κ1) is 19.6. The Bertz CT molecular complexity index is 820. The van der Waals surface area contributed by atoms with Crippen LogP contribution in [-0.2, 0) is 12.3 Å². The van der Waals surface area contributed by atoms with Gasteiger partial charge in [0.15, 0.2) is 0 Å². The first-order valence-electron chi connectivity index (χ1n) is 8.38. The highest BCUT2D eigenvalue weighted by Gasteiger charge is 2.16. The summed E-state index contributed by atoms with van der Waals surface area (Å²) in [5.74, 6) is 0.909. The first-order chi connectivity index (χ1) is 12.6. The van der Waals surface area contributed by atoms with Gasteiger partial charge in [0.25, 0.3) is 0 Å². The van der Waals surface area contributed by atoms with Crippen molar-refractivity contribution in [2.24, 2.45) is 0 Å². The van der Waals surface area contributed by atoms with Crippen molar-refractivity contribution in [1.82, 2.24) is 9.55 Å². The standard InChI is InChI=1S/C20H19Cl3N2S/c21-16-5-3-15(4-6-16)13-26-20(2-1-10-25-11-9-24-14-25)18-8-7-17(22)12-19(18)23/h3-9,11-12,14,20H,1-2,10,13H2. The molecule has 6 heteroatoms. The molecule has 0 spiro atoms. The lowest BCUT2D eigenvalue weighted by Crippen LogP contribution is -2.01. The number of benzene rings is 2. The molecule has 1 aromatic heterocycles. The van der Waals surface area contributed by atoms with Crippen molar-refractivity contribution >= 4 is 46.6 Å². The molecular formula is C20H19Cl3N2S. The molecule has 0 aliphatic rings. The van der Waals surface area contributed by atoms with Crippen LogP contribution in [0.3, 0.4) is 0 Å². The quantitative estimate of drug-likeness (QED) is 0.377. The molecular weight excluding hydrogens is 407 g/mol. The van der Waals surface area contributed by atoms with Crippen molar-refractivity contribution in [2.45, 2.75) is 30.4 Å². The van der Waals surface area contributed by atoms with Crippen LogP contribution < -0.4 is 0 Å². The third-order valence-electron chi connectivity index (χ3n) is 4.12. The molecule has 0 bridgehead atoms. The number of rotatable bonds is 8. The van der Waals surface area contributed by atoms with Crippen LogP contribution in [0.15, 0.2) is 61.2 Å². The summed E-state index contributed by atoms with van der Waals surface area (Å²) in [6.07, 6.45) is 7.73. The summed E-state index contributed by atoms with van der Waals surface area (Å²) in [6, 6.07) is 13.8. The molecule has 0 radical (unpaired) electrons. The molecule has 0 saturated heterocycles. The van der Waals surface area contributed by atoms with E-state index in [1.807, 2.05) is 60.8 Å². The van der Waals surface area contributed by atoms with Crippen molar-refractivity contribution in [2.75, 3.05) is 0 Å². The van der Waals surface area contributed by atoms with Crippen LogP contribution in [0.2, 0.25) is 15.1 Å². The van der Waals surface area contributed by atoms with Gasteiger partial charge in [-0.25, -0.2) is 4.98 Å². The summed E-state index contributed by atoms with van der Waals surface area (Å²) in [4.78, 5) is 4.10. The maximum Gasteiger partial charge on any atom is 0.0945 e. The number of imidazole rings is 1. The van der Waals surface area contributed by atoms with E-state index in [0.717, 1.165) is 40.7 Å². The van der Waals surface area contributed by atoms with Crippen molar-refractivity contribution in [3.8, 4) is 0 Å². The summed E-state index contributed by atoms with van der Waals surface area (Å²) < 4.78 is 2.10. The number of hydrogen-bond acceptors (Lipinski definition) is 2. The Morgan fingerprint density at radius 2 is 1.77 bits per heavy atom. The zero-order chi connectivity index (χ0) is 18.4. The van der Waals surface area contributed by atoms with Gasteiger partial charge in [-0.3, -0.25) is 0 Å². The fraction of sp³-hybridized carbons (Fsp3) is 0.250. The largest absolute Gasteiger partial charge is 0.337 e. The minimum atomic E-state index is 0.305. The molecule has 2 nitrogen and oxygen atoms in total. The highest BCUT2D eigenvalue weighted by Crippen LogP contribution is 2.40. The molecule has 3 rings (SSSR count). The van der Waals surface area contributed by atoms with Gasteiger partial charge in [-0.15, -0.1) is 11.8 Å². The molecule has 1 heterocycles. The summed E-state index contributed by atoms with van der Waals surface area (Å²) in [5.41, 5.74) is 2.39. The van der Waals surface area contributed by atoms with E-state index in [1.54, 1.807) is 0 Å². The van der Waals surface area contributed by atoms with E-state index in [0.29, 0.717) is 10.3 Å². The smallest absolute Gasteiger partial charge is 0.0945 e. The SMILES string of the molecule is Clc1ccc(CSC(CCCn2ccnc2)c2ccc(Cl)cc2Cl)cc1. The van der Waals surface area contributed by atoms with Gasteiger partial charge in [0.05, 0.1) is 6.33 Å². The Morgan fingerprint density at radius 3 is 2.46 bits per heavy atom. The van der Waals surface area contributed by atoms with Crippen LogP contribution in [0, 0.1) is 0 Å². The molecule has 3 aromatic rings. The Labute approximate surface area is 173 Å². The van der Waals surface area contributed by atoms with Gasteiger partial charge in [0, 0.05) is 45.0 Å². The van der Waals surface area contributed by atoms with E-state index >= 15 is 0 Å². The first-order valence-corrected chi connectivity index (χ1v) is 10.6. The van der Waals surface area contributed by atoms with Crippen LogP contribution in [0.5, 0.6) is 0 Å². The molecule has 0 fully saturated rings. The molecule has 1 atom stereocenters. The molecule has 0 aliphatic heterocycles. The molecule has 0 aliphatic carbocycles. The zero-order valence-electron chi connectivity index (χ0n) is 14.1. The summed E-state index contributed by atoms with van der Waals surface area (Å²) in [5, 5.41) is 2.46. The van der Waals surface area contributed by atoms with Crippen LogP contribution in [-0.4, -0.2) is 9.55 Å². The lowest BCUT2D eigenvalue weighted by atomic mass is 10.1. The van der Waals surface area contributed by atoms with Gasteiger partial charge in [0.2, 0.25) is 0 Å². The summed E-state index contributed by atoms with van der Waals surface area (Å²) in [6.45, 7) is 0.948. The van der Waals surface area contributed by atoms with Gasteiger partial charge in [-0.1, -0.05) is 53.0 Å². The van der Waals surface area contributed by atoms with E-state index in [9.17, 15) is 0 Å². The minimum absolute atomic E-state index is 0.305. The van der Waals surface area contributed by atoms with Gasteiger partial charge in [0.1, 0.15) is 0 Å². The number of aromatic nitrogens is 2. The maximum absolute atomic E-state index is 6.47. The number of hydrogen-bond donors (Lipinski definition) is 0. The van der Waals surface area contributed by atoms with Gasteiger partial charge in [-0.2, -0.15) is 0 Å². The summed E-state index contributed by atoms with van der Waals surface area (Å²) >= 11 is 20.4. The average Bonchev–Trinajstić information content (AvgIpc) is 3.13. The van der Waals surface area contributed by atoms with Crippen molar-refractivity contribution in [3.05, 3.63) is 87.4 Å². The fourth-order valence-electron chi connectivity index (χ4n) is 2.75. The third kappa shape index (κ3) is 5.68. The fourth-order valence-corrected chi connectivity index (χ4v) is 4.78. The van der Waals surface area contributed by atoms with Crippen molar-refractivity contribution in [1.29, 1.82) is 0 Å². The van der Waals surface area contributed by atoms with Gasteiger partial charge >= 0.3 is 0 Å². The van der Waals surface area contributed by atoms with E-state index < -0.39 is 0 Å². The Kier molecular flexibility index (Phi) is 7.32. The number of aryl methyl sites for hydroxylation is 1. The topological polar surface area (TPSA) is 17.8 Å². The van der Waals surface area contributed by atoms with Crippen LogP contribution in [0.25, 0.3) is 0 Å². The average molecular weight is 426 g/mol. The predicted octanol–water partition coefficient (Wildman–Crippen LogP) is 7.30. The van der Waals surface area contributed by atoms with Crippen LogP contribution >= 0.6 is 46.6 Å². The van der Waals surface area contributed by atoms with Crippen LogP contribution in [0.4, 0.5) is 0 Å². The number of nitrogens with zero attached hydrogens (tertiary/aromatic N) is 2. The number of halogens is 3. The molecule has 0 saturated carbocycles. The monoisotopic (exact) mass is 424 g/mol. The number of thioether (sulfide) groups is 1. The van der Waals surface area contributed by atoms with Crippen molar-refractivity contribution < 1.29 is 0 Å². The molecule has 136 valence electrons. The van der Waals surface area contributed by atoms with Gasteiger partial charge < -0.3 is 4.57 Å². The van der Waals surface area contributed by atoms with Crippen LogP contribution in [0.1, 0.15) is 29.2 Å². The highest BCUT2D eigenvalue weighted by atomic mass is 35.5. The highest BCUT2D eigenvalue weighted by molar-refractivity contribution is 7.98.